The summed E-state index contributed by atoms with van der Waals surface area (Å²) in [6.07, 6.45) is 4.68. The van der Waals surface area contributed by atoms with E-state index >= 15 is 0 Å². The Hall–Kier alpha value is -3.98. The van der Waals surface area contributed by atoms with Gasteiger partial charge in [0.15, 0.2) is 11.5 Å². The molecule has 2 amide bonds. The third-order valence-electron chi connectivity index (χ3n) is 6.45. The molecule has 0 aliphatic carbocycles. The Morgan fingerprint density at radius 2 is 1.82 bits per heavy atom. The maximum Gasteiger partial charge on any atom is 0.309 e. The fourth-order valence-corrected chi connectivity index (χ4v) is 4.35. The Balaban J connectivity index is 1.56. The predicted octanol–water partition coefficient (Wildman–Crippen LogP) is 2.72. The van der Waals surface area contributed by atoms with Gasteiger partial charge in [-0.3, -0.25) is 14.4 Å². The second kappa shape index (κ2) is 13.0. The van der Waals surface area contributed by atoms with Gasteiger partial charge in [0, 0.05) is 12.5 Å². The van der Waals surface area contributed by atoms with E-state index in [-0.39, 0.29) is 26.1 Å². The van der Waals surface area contributed by atoms with Crippen LogP contribution in [0.1, 0.15) is 31.2 Å². The number of aliphatic hydroxyl groups is 1. The number of ether oxygens (including phenoxy) is 1. The molecule has 0 saturated carbocycles. The molecule has 1 aromatic heterocycles. The number of amides is 2. The van der Waals surface area contributed by atoms with Crippen molar-refractivity contribution >= 4 is 28.9 Å². The molecule has 200 valence electrons. The summed E-state index contributed by atoms with van der Waals surface area (Å²) in [5.41, 5.74) is 2.33. The summed E-state index contributed by atoms with van der Waals surface area (Å²) in [5.74, 6) is -2.44. The van der Waals surface area contributed by atoms with Crippen molar-refractivity contribution in [2.75, 3.05) is 13.2 Å². The highest BCUT2D eigenvalue weighted by Gasteiger charge is 2.30. The predicted molar refractivity (Wildman–Crippen MR) is 141 cm³/mol. The third-order valence-corrected chi connectivity index (χ3v) is 6.45. The van der Waals surface area contributed by atoms with Crippen LogP contribution in [0.4, 0.5) is 0 Å². The van der Waals surface area contributed by atoms with E-state index < -0.39 is 41.7 Å². The SMILES string of the molecule is C[C@@H](CO)NC(=O)C1CC=CCC(Cc2nc3ccccc3o2)C(=O)OCC(Cc2ccccc2)NC1=O. The molecular formula is C29H33N3O6. The van der Waals surface area contributed by atoms with Crippen molar-refractivity contribution in [2.45, 2.75) is 44.7 Å². The molecule has 2 heterocycles. The van der Waals surface area contributed by atoms with Gasteiger partial charge < -0.3 is 24.9 Å². The van der Waals surface area contributed by atoms with Gasteiger partial charge in [-0.1, -0.05) is 54.6 Å². The average molecular weight is 520 g/mol. The lowest BCUT2D eigenvalue weighted by atomic mass is 9.97. The van der Waals surface area contributed by atoms with E-state index in [0.717, 1.165) is 11.1 Å². The maximum absolute atomic E-state index is 13.2. The molecular weight excluding hydrogens is 486 g/mol. The zero-order valence-corrected chi connectivity index (χ0v) is 21.3. The van der Waals surface area contributed by atoms with Gasteiger partial charge in [0.1, 0.15) is 18.0 Å². The van der Waals surface area contributed by atoms with Gasteiger partial charge in [-0.05, 0) is 43.9 Å². The lowest BCUT2D eigenvalue weighted by Crippen LogP contribution is -2.49. The number of aromatic nitrogens is 1. The molecule has 1 aliphatic heterocycles. The molecule has 9 nitrogen and oxygen atoms in total. The number of benzene rings is 2. The Bertz CT molecular complexity index is 1240. The number of para-hydroxylation sites is 2. The van der Waals surface area contributed by atoms with Gasteiger partial charge in [-0.2, -0.15) is 0 Å². The smallest absolute Gasteiger partial charge is 0.309 e. The van der Waals surface area contributed by atoms with Crippen LogP contribution in [0, 0.1) is 11.8 Å². The van der Waals surface area contributed by atoms with Crippen molar-refractivity contribution in [2.24, 2.45) is 11.8 Å². The number of hydrogen-bond acceptors (Lipinski definition) is 7. The fraction of sp³-hybridized carbons (Fsp3) is 0.379. The molecule has 2 aromatic carbocycles. The summed E-state index contributed by atoms with van der Waals surface area (Å²) in [6, 6.07) is 15.9. The minimum atomic E-state index is -0.996. The van der Waals surface area contributed by atoms with Gasteiger partial charge in [0.25, 0.3) is 0 Å². The van der Waals surface area contributed by atoms with Crippen LogP contribution in [-0.2, 0) is 32.0 Å². The Morgan fingerprint density at radius 3 is 2.58 bits per heavy atom. The van der Waals surface area contributed by atoms with Gasteiger partial charge in [0.05, 0.1) is 18.6 Å². The molecule has 3 aromatic rings. The van der Waals surface area contributed by atoms with Crippen molar-refractivity contribution < 1.29 is 28.6 Å². The molecule has 1 aliphatic rings. The van der Waals surface area contributed by atoms with Crippen LogP contribution in [0.15, 0.2) is 71.2 Å². The first-order valence-corrected chi connectivity index (χ1v) is 12.8. The quantitative estimate of drug-likeness (QED) is 0.249. The number of carbonyl (C=O) groups is 3. The minimum absolute atomic E-state index is 0.0470. The number of oxazole rings is 1. The van der Waals surface area contributed by atoms with Crippen LogP contribution >= 0.6 is 0 Å². The summed E-state index contributed by atoms with van der Waals surface area (Å²) < 4.78 is 11.5. The van der Waals surface area contributed by atoms with E-state index in [1.165, 1.54) is 0 Å². The molecule has 3 N–H and O–H groups in total. The Morgan fingerprint density at radius 1 is 1.08 bits per heavy atom. The molecule has 4 rings (SSSR count). The number of nitrogens with one attached hydrogen (secondary N) is 2. The molecule has 4 atom stereocenters. The zero-order chi connectivity index (χ0) is 26.9. The van der Waals surface area contributed by atoms with Crippen molar-refractivity contribution in [1.29, 1.82) is 0 Å². The van der Waals surface area contributed by atoms with Gasteiger partial charge in [-0.25, -0.2) is 4.98 Å². The number of nitrogens with zero attached hydrogens (tertiary/aromatic N) is 1. The van der Waals surface area contributed by atoms with E-state index in [2.05, 4.69) is 15.6 Å². The topological polar surface area (TPSA) is 131 Å². The summed E-state index contributed by atoms with van der Waals surface area (Å²) in [7, 11) is 0. The van der Waals surface area contributed by atoms with Crippen LogP contribution in [0.3, 0.4) is 0 Å². The molecule has 3 unspecified atom stereocenters. The lowest BCUT2D eigenvalue weighted by Gasteiger charge is -2.24. The molecule has 0 fully saturated rings. The van der Waals surface area contributed by atoms with Crippen LogP contribution in [0.2, 0.25) is 0 Å². The number of carbonyl (C=O) groups excluding carboxylic acids is 3. The second-order valence-electron chi connectivity index (χ2n) is 9.59. The van der Waals surface area contributed by atoms with Gasteiger partial charge in [-0.15, -0.1) is 0 Å². The molecule has 0 spiro atoms. The standard InChI is InChI=1S/C29H33N3O6/c1-19(17-33)30-27(34)23-12-6-5-11-21(16-26-32-24-13-7-8-14-25(24)38-26)29(36)37-18-22(31-28(23)35)15-20-9-3-2-4-10-20/h2-10,13-14,19,21-23,33H,11-12,15-18H2,1H3,(H,30,34)(H,31,35)/t19-,21?,22?,23?/m0/s1. The van der Waals surface area contributed by atoms with Gasteiger partial charge >= 0.3 is 5.97 Å². The van der Waals surface area contributed by atoms with Crippen molar-refractivity contribution in [3.8, 4) is 0 Å². The first kappa shape index (κ1) is 27.1. The average Bonchev–Trinajstić information content (AvgIpc) is 3.33. The van der Waals surface area contributed by atoms with Crippen molar-refractivity contribution in [3.05, 3.63) is 78.2 Å². The number of allylic oxidation sites excluding steroid dienone is 2. The monoisotopic (exact) mass is 519 g/mol. The van der Waals surface area contributed by atoms with Crippen LogP contribution in [0.5, 0.6) is 0 Å². The third kappa shape index (κ3) is 7.29. The number of fused-ring (bicyclic) bond motifs is 1. The van der Waals surface area contributed by atoms with E-state index in [0.29, 0.717) is 24.3 Å². The largest absolute Gasteiger partial charge is 0.463 e. The summed E-state index contributed by atoms with van der Waals surface area (Å²) in [5, 5.41) is 14.9. The van der Waals surface area contributed by atoms with E-state index in [9.17, 15) is 19.5 Å². The van der Waals surface area contributed by atoms with Crippen LogP contribution < -0.4 is 10.6 Å². The van der Waals surface area contributed by atoms with E-state index in [1.54, 1.807) is 19.1 Å². The first-order chi connectivity index (χ1) is 18.4. The number of aliphatic hydroxyl groups excluding tert-OH is 1. The first-order valence-electron chi connectivity index (χ1n) is 12.8. The Kier molecular flexibility index (Phi) is 9.26. The van der Waals surface area contributed by atoms with Crippen LogP contribution in [-0.4, -0.2) is 53.2 Å². The highest BCUT2D eigenvalue weighted by Crippen LogP contribution is 2.21. The van der Waals surface area contributed by atoms with Crippen molar-refractivity contribution in [3.63, 3.8) is 0 Å². The summed E-state index contributed by atoms with van der Waals surface area (Å²) >= 11 is 0. The normalized spacial score (nSPS) is 21.6. The highest BCUT2D eigenvalue weighted by molar-refractivity contribution is 6.00. The fourth-order valence-electron chi connectivity index (χ4n) is 4.35. The number of cyclic esters (lactones) is 1. The number of hydrogen-bond donors (Lipinski definition) is 3. The second-order valence-corrected chi connectivity index (χ2v) is 9.59. The highest BCUT2D eigenvalue weighted by atomic mass is 16.5. The molecule has 0 saturated heterocycles. The number of esters is 1. The summed E-state index contributed by atoms with van der Waals surface area (Å²) in [6.45, 7) is 1.38. The lowest BCUT2D eigenvalue weighted by molar-refractivity contribution is -0.150. The van der Waals surface area contributed by atoms with E-state index in [4.69, 9.17) is 9.15 Å². The van der Waals surface area contributed by atoms with Gasteiger partial charge in [0.2, 0.25) is 11.8 Å². The maximum atomic E-state index is 13.2. The van der Waals surface area contributed by atoms with Crippen LogP contribution in [0.25, 0.3) is 11.1 Å². The molecule has 0 bridgehead atoms. The zero-order valence-electron chi connectivity index (χ0n) is 21.3. The van der Waals surface area contributed by atoms with Crippen molar-refractivity contribution in [1.82, 2.24) is 15.6 Å². The van der Waals surface area contributed by atoms with E-state index in [1.807, 2.05) is 54.6 Å². The Labute approximate surface area is 221 Å². The minimum Gasteiger partial charge on any atom is -0.463 e. The number of rotatable bonds is 7. The molecule has 38 heavy (non-hydrogen) atoms. The molecule has 9 heteroatoms. The molecule has 0 radical (unpaired) electrons. The summed E-state index contributed by atoms with van der Waals surface area (Å²) in [4.78, 5) is 43.7.